The quantitative estimate of drug-likeness (QED) is 0.340. The van der Waals surface area contributed by atoms with E-state index in [9.17, 15) is 0 Å². The SMILES string of the molecule is CC1(C)C[S+]2c3ccccc3[S+]1c1ccccc12.[O-][Cl+3]([O-])([O-])[O-].[O-][Cl+3]([O-])([O-])[O-]. The highest BCUT2D eigenvalue weighted by molar-refractivity contribution is 8.06. The van der Waals surface area contributed by atoms with Crippen LogP contribution in [0.25, 0.3) is 0 Å². The average molecular weight is 471 g/mol. The van der Waals surface area contributed by atoms with Gasteiger partial charge in [-0.3, -0.25) is 0 Å². The predicted molar refractivity (Wildman–Crippen MR) is 79.6 cm³/mol. The Labute approximate surface area is 171 Å². The molecule has 0 spiro atoms. The zero-order valence-electron chi connectivity index (χ0n) is 14.7. The summed E-state index contributed by atoms with van der Waals surface area (Å²) < 4.78 is 68.4. The van der Waals surface area contributed by atoms with Gasteiger partial charge in [-0.1, -0.05) is 24.3 Å². The molecule has 2 aromatic carbocycles. The van der Waals surface area contributed by atoms with E-state index in [1.807, 2.05) is 0 Å². The van der Waals surface area contributed by atoms with Crippen molar-refractivity contribution in [1.82, 2.24) is 0 Å². The van der Waals surface area contributed by atoms with Gasteiger partial charge < -0.3 is 0 Å². The van der Waals surface area contributed by atoms with E-state index in [1.165, 1.54) is 5.75 Å². The van der Waals surface area contributed by atoms with E-state index in [2.05, 4.69) is 62.4 Å². The Morgan fingerprint density at radius 3 is 1.25 bits per heavy atom. The van der Waals surface area contributed by atoms with Gasteiger partial charge in [0.1, 0.15) is 0 Å². The highest BCUT2D eigenvalue weighted by Gasteiger charge is 2.63. The van der Waals surface area contributed by atoms with Crippen LogP contribution in [0.2, 0.25) is 0 Å². The van der Waals surface area contributed by atoms with E-state index < -0.39 is 20.5 Å². The molecule has 28 heavy (non-hydrogen) atoms. The topological polar surface area (TPSA) is 184 Å². The Morgan fingerprint density at radius 1 is 0.643 bits per heavy atom. The van der Waals surface area contributed by atoms with Crippen LogP contribution in [0.1, 0.15) is 13.8 Å². The van der Waals surface area contributed by atoms with Crippen LogP contribution in [0.15, 0.2) is 68.1 Å². The molecule has 0 saturated carbocycles. The summed E-state index contributed by atoms with van der Waals surface area (Å²) >= 11 is 0. The molecule has 0 radical (unpaired) electrons. The second kappa shape index (κ2) is 8.64. The lowest BCUT2D eigenvalue weighted by Gasteiger charge is -2.34. The molecule has 0 saturated heterocycles. The summed E-state index contributed by atoms with van der Waals surface area (Å²) in [6.07, 6.45) is 0. The van der Waals surface area contributed by atoms with Gasteiger partial charge in [0.15, 0.2) is 10.5 Å². The van der Waals surface area contributed by atoms with Crippen molar-refractivity contribution in [3.05, 3.63) is 48.5 Å². The fourth-order valence-corrected chi connectivity index (χ4v) is 9.71. The van der Waals surface area contributed by atoms with Crippen LogP contribution in [-0.4, -0.2) is 10.5 Å². The summed E-state index contributed by atoms with van der Waals surface area (Å²) in [6.45, 7) is 4.89. The molecule has 5 rings (SSSR count). The summed E-state index contributed by atoms with van der Waals surface area (Å²) in [5.74, 6) is 1.32. The predicted octanol–water partition coefficient (Wildman–Crippen LogP) is -5.65. The summed E-state index contributed by atoms with van der Waals surface area (Å²) in [4.78, 5) is 6.43. The van der Waals surface area contributed by atoms with Crippen LogP contribution in [0, 0.1) is 20.5 Å². The maximum atomic E-state index is 8.49. The summed E-state index contributed by atoms with van der Waals surface area (Å²) in [5, 5.41) is 0. The lowest BCUT2D eigenvalue weighted by atomic mass is 10.2. The smallest absolute Gasteiger partial charge is 0.216 e. The molecular weight excluding hydrogens is 455 g/mol. The van der Waals surface area contributed by atoms with Crippen LogP contribution in [-0.2, 0) is 21.8 Å². The van der Waals surface area contributed by atoms with Crippen LogP contribution in [0.5, 0.6) is 0 Å². The van der Waals surface area contributed by atoms with Crippen molar-refractivity contribution in [2.45, 2.75) is 38.2 Å². The van der Waals surface area contributed by atoms with Crippen molar-refractivity contribution in [1.29, 1.82) is 0 Å². The first kappa shape index (κ1) is 23.7. The van der Waals surface area contributed by atoms with E-state index >= 15 is 0 Å². The molecule has 0 atom stereocenters. The number of rotatable bonds is 0. The summed E-state index contributed by atoms with van der Waals surface area (Å²) in [6, 6.07) is 18.2. The van der Waals surface area contributed by atoms with Crippen molar-refractivity contribution < 1.29 is 57.8 Å². The number of hydrogen-bond donors (Lipinski definition) is 0. The summed E-state index contributed by atoms with van der Waals surface area (Å²) in [7, 11) is -9.33. The second-order valence-corrected chi connectivity index (χ2v) is 12.3. The van der Waals surface area contributed by atoms with E-state index in [1.54, 1.807) is 19.6 Å². The van der Waals surface area contributed by atoms with Gasteiger partial charge in [0.2, 0.25) is 19.6 Å². The normalized spacial score (nSPS) is 21.4. The molecule has 2 bridgehead atoms. The maximum Gasteiger partial charge on any atom is 0.216 e. The maximum absolute atomic E-state index is 8.49. The first-order valence-electron chi connectivity index (χ1n) is 7.55. The van der Waals surface area contributed by atoms with Crippen LogP contribution in [0.4, 0.5) is 0 Å². The average Bonchev–Trinajstić information content (AvgIpc) is 2.51. The zero-order chi connectivity index (χ0) is 21.3. The van der Waals surface area contributed by atoms with Gasteiger partial charge >= 0.3 is 0 Å². The van der Waals surface area contributed by atoms with Gasteiger partial charge in [0.25, 0.3) is 0 Å². The van der Waals surface area contributed by atoms with Gasteiger partial charge in [0, 0.05) is 0 Å². The largest absolute Gasteiger partial charge is 0.222 e. The standard InChI is InChI=1S/C16H16S2.2ClHO4/c1-16(2)11-17-12-7-3-5-9-14(12)18(16)15-10-6-4-8-13(15)17;2*2-1(3,4)5/h3-10H,11H2,1-2H3;2*(H,2,3,4,5)/q+2;;/p-2. The molecule has 3 aliphatic rings. The highest BCUT2D eigenvalue weighted by atomic mass is 35.7. The molecule has 12 heteroatoms. The van der Waals surface area contributed by atoms with Crippen molar-refractivity contribution >= 4 is 21.8 Å². The van der Waals surface area contributed by atoms with E-state index in [-0.39, 0.29) is 10.9 Å². The van der Waals surface area contributed by atoms with Crippen molar-refractivity contribution in [3.8, 4) is 0 Å². The Hall–Kier alpha value is -0.600. The molecule has 3 aliphatic heterocycles. The summed E-state index contributed by atoms with van der Waals surface area (Å²) in [5.41, 5.74) is 0. The molecule has 0 unspecified atom stereocenters. The molecule has 154 valence electrons. The molecule has 0 N–H and O–H groups in total. The molecule has 0 fully saturated rings. The van der Waals surface area contributed by atoms with Gasteiger partial charge in [0.05, 0.1) is 21.8 Å². The Bertz CT molecular complexity index is 751. The Balaban J connectivity index is 0.000000237. The van der Waals surface area contributed by atoms with Crippen molar-refractivity contribution in [2.75, 3.05) is 5.75 Å². The second-order valence-electron chi connectivity index (χ2n) is 6.25. The first-order chi connectivity index (χ1) is 12.7. The van der Waals surface area contributed by atoms with Crippen molar-refractivity contribution in [3.63, 3.8) is 0 Å². The van der Waals surface area contributed by atoms with Crippen LogP contribution >= 0.6 is 0 Å². The van der Waals surface area contributed by atoms with Gasteiger partial charge in [-0.25, -0.2) is 37.3 Å². The first-order valence-corrected chi connectivity index (χ1v) is 12.6. The Morgan fingerprint density at radius 2 is 0.929 bits per heavy atom. The minimum atomic E-state index is -4.94. The zero-order valence-corrected chi connectivity index (χ0v) is 17.8. The number of fused-ring (bicyclic) bond motifs is 1. The number of hydrogen-bond acceptors (Lipinski definition) is 8. The fraction of sp³-hybridized carbons (Fsp3) is 0.250. The Kier molecular flexibility index (Phi) is 7.31. The molecule has 0 amide bonds. The third kappa shape index (κ3) is 6.46. The van der Waals surface area contributed by atoms with E-state index in [0.717, 1.165) is 0 Å². The van der Waals surface area contributed by atoms with Crippen molar-refractivity contribution in [2.24, 2.45) is 0 Å². The monoisotopic (exact) mass is 470 g/mol. The van der Waals surface area contributed by atoms with E-state index in [4.69, 9.17) is 37.3 Å². The molecule has 8 nitrogen and oxygen atoms in total. The van der Waals surface area contributed by atoms with Gasteiger partial charge in [-0.2, -0.15) is 0 Å². The lowest BCUT2D eigenvalue weighted by molar-refractivity contribution is -2.00. The third-order valence-corrected chi connectivity index (χ3v) is 9.78. The molecular formula is C16H16Cl2O8S2. The highest BCUT2D eigenvalue weighted by Crippen LogP contribution is 2.53. The minimum absolute atomic E-state index is 0.261. The van der Waals surface area contributed by atoms with E-state index in [0.29, 0.717) is 15.6 Å². The molecule has 3 heterocycles. The minimum Gasteiger partial charge on any atom is -0.222 e. The lowest BCUT2D eigenvalue weighted by Crippen LogP contribution is -2.68. The fourth-order valence-electron chi connectivity index (χ4n) is 3.04. The number of halogens is 2. The van der Waals surface area contributed by atoms with Crippen LogP contribution < -0.4 is 37.3 Å². The molecule has 2 aromatic rings. The van der Waals surface area contributed by atoms with Gasteiger partial charge in [-0.05, 0) is 38.1 Å². The molecule has 0 aromatic heterocycles. The molecule has 0 aliphatic carbocycles. The third-order valence-electron chi connectivity index (χ3n) is 3.71. The van der Waals surface area contributed by atoms with Crippen LogP contribution in [0.3, 0.4) is 0 Å². The van der Waals surface area contributed by atoms with Gasteiger partial charge in [-0.15, -0.1) is 20.5 Å². The number of benzene rings is 2.